The lowest BCUT2D eigenvalue weighted by molar-refractivity contribution is 0.285. The van der Waals surface area contributed by atoms with Gasteiger partial charge in [0, 0.05) is 0 Å². The molecule has 0 heterocycles. The molecule has 144 valence electrons. The van der Waals surface area contributed by atoms with Gasteiger partial charge in [0.15, 0.2) is 0 Å². The predicted molar refractivity (Wildman–Crippen MR) is 114 cm³/mol. The first kappa shape index (κ1) is 20.3. The molecule has 1 heteroatoms. The van der Waals surface area contributed by atoms with Gasteiger partial charge in [-0.25, -0.2) is 0 Å². The van der Waals surface area contributed by atoms with Gasteiger partial charge in [-0.15, -0.1) is 0 Å². The van der Waals surface area contributed by atoms with Crippen LogP contribution in [0, 0.1) is 17.8 Å². The van der Waals surface area contributed by atoms with E-state index in [1.54, 1.807) is 77.0 Å². The minimum atomic E-state index is -0.704. The summed E-state index contributed by atoms with van der Waals surface area (Å²) in [5.74, 6) is 3.35. The van der Waals surface area contributed by atoms with Crippen LogP contribution in [0.1, 0.15) is 117 Å². The quantitative estimate of drug-likeness (QED) is 0.417. The zero-order valence-electron chi connectivity index (χ0n) is 17.6. The van der Waals surface area contributed by atoms with Crippen molar-refractivity contribution in [3.8, 4) is 0 Å². The molecule has 0 nitrogen and oxygen atoms in total. The van der Waals surface area contributed by atoms with Gasteiger partial charge in [-0.05, 0) is 0 Å². The van der Waals surface area contributed by atoms with Crippen LogP contribution in [0.2, 0.25) is 14.3 Å². The normalized spacial score (nSPS) is 40.0. The Morgan fingerprint density at radius 1 is 0.480 bits per heavy atom. The maximum absolute atomic E-state index is 2.52. The zero-order valence-corrected chi connectivity index (χ0v) is 18.8. The van der Waals surface area contributed by atoms with Gasteiger partial charge in [-0.2, -0.15) is 0 Å². The third kappa shape index (κ3) is 4.69. The predicted octanol–water partition coefficient (Wildman–Crippen LogP) is 8.39. The van der Waals surface area contributed by atoms with Crippen LogP contribution in [0.3, 0.4) is 0 Å². The molecule has 0 aliphatic heterocycles. The monoisotopic (exact) mass is 360 g/mol. The molecular formula is C24H45Al. The van der Waals surface area contributed by atoms with E-state index in [0.29, 0.717) is 0 Å². The Labute approximate surface area is 163 Å². The topological polar surface area (TPSA) is 0 Å². The smallest absolute Gasteiger partial charge is 0.0789 e. The number of rotatable bonds is 6. The van der Waals surface area contributed by atoms with Crippen LogP contribution < -0.4 is 0 Å². The van der Waals surface area contributed by atoms with E-state index in [-0.39, 0.29) is 0 Å². The molecule has 0 saturated heterocycles. The fourth-order valence-electron chi connectivity index (χ4n) is 7.70. The number of hydrogen-bond donors (Lipinski definition) is 0. The van der Waals surface area contributed by atoms with Crippen molar-refractivity contribution >= 4 is 14.1 Å². The Morgan fingerprint density at radius 3 is 1.04 bits per heavy atom. The van der Waals surface area contributed by atoms with Gasteiger partial charge >= 0.3 is 0 Å². The van der Waals surface area contributed by atoms with Gasteiger partial charge in [0.05, 0.1) is 0 Å². The van der Waals surface area contributed by atoms with Crippen LogP contribution in [0.25, 0.3) is 0 Å². The fraction of sp³-hybridized carbons (Fsp3) is 1.00. The average Bonchev–Trinajstić information content (AvgIpc) is 2.69. The van der Waals surface area contributed by atoms with Crippen molar-refractivity contribution in [3.05, 3.63) is 0 Å². The van der Waals surface area contributed by atoms with Crippen molar-refractivity contribution in [1.82, 2.24) is 0 Å². The third-order valence-electron chi connectivity index (χ3n) is 8.96. The van der Waals surface area contributed by atoms with Gasteiger partial charge in [-0.3, -0.25) is 0 Å². The van der Waals surface area contributed by atoms with Crippen molar-refractivity contribution < 1.29 is 0 Å². The molecule has 0 radical (unpaired) electrons. The summed E-state index contributed by atoms with van der Waals surface area (Å²) >= 11 is -0.704. The van der Waals surface area contributed by atoms with E-state index in [1.807, 2.05) is 0 Å². The molecule has 0 spiro atoms. The van der Waals surface area contributed by atoms with E-state index in [9.17, 15) is 0 Å². The van der Waals surface area contributed by atoms with Crippen molar-refractivity contribution in [2.75, 3.05) is 0 Å². The lowest BCUT2D eigenvalue weighted by Gasteiger charge is -2.48. The SMILES string of the molecule is CCC1CCCC[CH]1[Al]([CH]1CCCCC1CC)[CH]1CCCCC1CC. The van der Waals surface area contributed by atoms with Crippen LogP contribution in [-0.2, 0) is 0 Å². The first-order valence-corrected chi connectivity index (χ1v) is 14.3. The highest BCUT2D eigenvalue weighted by Crippen LogP contribution is 2.55. The standard InChI is InChI=1S/3C8H15.Al/c3*1-2-8-6-4-3-5-7-8;/h3*6,8H,2-5,7H2,1H3;. The van der Waals surface area contributed by atoms with E-state index in [2.05, 4.69) is 20.8 Å². The molecule has 6 unspecified atom stereocenters. The van der Waals surface area contributed by atoms with Crippen molar-refractivity contribution in [3.63, 3.8) is 0 Å². The van der Waals surface area contributed by atoms with Crippen molar-refractivity contribution in [1.29, 1.82) is 0 Å². The van der Waals surface area contributed by atoms with Gasteiger partial charge in [0.25, 0.3) is 14.1 Å². The molecular weight excluding hydrogens is 315 g/mol. The summed E-state index contributed by atoms with van der Waals surface area (Å²) in [6.45, 7) is 7.56. The molecule has 0 amide bonds. The summed E-state index contributed by atoms with van der Waals surface area (Å²) in [4.78, 5) is 0. The van der Waals surface area contributed by atoms with E-state index >= 15 is 0 Å². The van der Waals surface area contributed by atoms with Crippen LogP contribution in [0.4, 0.5) is 0 Å². The molecule has 6 atom stereocenters. The second-order valence-electron chi connectivity index (χ2n) is 9.93. The van der Waals surface area contributed by atoms with E-state index in [0.717, 1.165) is 17.8 Å². The van der Waals surface area contributed by atoms with Crippen LogP contribution in [-0.4, -0.2) is 14.1 Å². The Bertz CT molecular complexity index is 321. The Balaban J connectivity index is 1.88. The fourth-order valence-corrected chi connectivity index (χ4v) is 14.7. The maximum Gasteiger partial charge on any atom is 0.273 e. The summed E-state index contributed by atoms with van der Waals surface area (Å²) in [6.07, 6.45) is 23.4. The largest absolute Gasteiger partial charge is 0.273 e. The summed E-state index contributed by atoms with van der Waals surface area (Å²) in [5.41, 5.74) is 0. The molecule has 0 aromatic carbocycles. The highest BCUT2D eigenvalue weighted by molar-refractivity contribution is 6.64. The minimum Gasteiger partial charge on any atom is -0.0789 e. The summed E-state index contributed by atoms with van der Waals surface area (Å²) in [7, 11) is 0. The first-order chi connectivity index (χ1) is 12.3. The molecule has 3 saturated carbocycles. The van der Waals surface area contributed by atoms with E-state index in [1.165, 1.54) is 33.6 Å². The van der Waals surface area contributed by atoms with Gasteiger partial charge in [-0.1, -0.05) is 149 Å². The van der Waals surface area contributed by atoms with Gasteiger partial charge in [0.2, 0.25) is 0 Å². The van der Waals surface area contributed by atoms with E-state index in [4.69, 9.17) is 0 Å². The average molecular weight is 361 g/mol. The molecule has 3 rings (SSSR count). The lowest BCUT2D eigenvalue weighted by atomic mass is 9.85. The third-order valence-corrected chi connectivity index (χ3v) is 14.6. The van der Waals surface area contributed by atoms with Crippen LogP contribution in [0.5, 0.6) is 0 Å². The molecule has 3 aliphatic carbocycles. The Kier molecular flexibility index (Phi) is 8.25. The summed E-state index contributed by atoms with van der Waals surface area (Å²) in [6, 6.07) is 0. The highest BCUT2D eigenvalue weighted by atomic mass is 27.2. The second kappa shape index (κ2) is 10.2. The molecule has 0 aromatic rings. The van der Waals surface area contributed by atoms with Crippen LogP contribution in [0.15, 0.2) is 0 Å². The van der Waals surface area contributed by atoms with Crippen molar-refractivity contribution in [2.24, 2.45) is 17.8 Å². The van der Waals surface area contributed by atoms with Gasteiger partial charge in [0.1, 0.15) is 0 Å². The number of hydrogen-bond acceptors (Lipinski definition) is 0. The molecule has 3 aliphatic rings. The van der Waals surface area contributed by atoms with Crippen LogP contribution >= 0.6 is 0 Å². The molecule has 3 fully saturated rings. The summed E-state index contributed by atoms with van der Waals surface area (Å²) < 4.78 is 3.65. The molecule has 0 aromatic heterocycles. The summed E-state index contributed by atoms with van der Waals surface area (Å²) in [5, 5.41) is 0. The Morgan fingerprint density at radius 2 is 0.760 bits per heavy atom. The molecule has 0 bridgehead atoms. The zero-order chi connectivity index (χ0) is 17.6. The molecule has 0 N–H and O–H groups in total. The Hall–Kier alpha value is 0.532. The molecule has 25 heavy (non-hydrogen) atoms. The second-order valence-corrected chi connectivity index (χ2v) is 13.7. The first-order valence-electron chi connectivity index (χ1n) is 12.3. The van der Waals surface area contributed by atoms with Gasteiger partial charge < -0.3 is 0 Å². The van der Waals surface area contributed by atoms with E-state index < -0.39 is 14.1 Å². The van der Waals surface area contributed by atoms with Crippen molar-refractivity contribution in [2.45, 2.75) is 131 Å². The minimum absolute atomic E-state index is 0.704. The highest BCUT2D eigenvalue weighted by Gasteiger charge is 2.49. The maximum atomic E-state index is 2.52. The lowest BCUT2D eigenvalue weighted by Crippen LogP contribution is -2.43.